The van der Waals surface area contributed by atoms with E-state index < -0.39 is 0 Å². The van der Waals surface area contributed by atoms with Crippen molar-refractivity contribution < 1.29 is 9.13 Å². The largest absolute Gasteiger partial charge is 0.377 e. The molecule has 0 aliphatic carbocycles. The maximum atomic E-state index is 13.3. The zero-order chi connectivity index (χ0) is 9.26. The number of aryl methyl sites for hydroxylation is 1. The van der Waals surface area contributed by atoms with E-state index in [1.54, 1.807) is 6.07 Å². The van der Waals surface area contributed by atoms with Gasteiger partial charge in [0.1, 0.15) is 5.82 Å². The van der Waals surface area contributed by atoms with E-state index in [0.29, 0.717) is 18.9 Å². The minimum Gasteiger partial charge on any atom is -0.377 e. The number of hydrogen-bond donors (Lipinski definition) is 1. The third-order valence-electron chi connectivity index (χ3n) is 2.12. The van der Waals surface area contributed by atoms with E-state index in [0.717, 1.165) is 5.56 Å². The predicted octanol–water partition coefficient (Wildman–Crippen LogP) is 1.94. The molecule has 2 rings (SSSR count). The van der Waals surface area contributed by atoms with Gasteiger partial charge in [-0.2, -0.15) is 0 Å². The molecule has 0 aromatic heterocycles. The van der Waals surface area contributed by atoms with Crippen LogP contribution in [0.2, 0.25) is 0 Å². The van der Waals surface area contributed by atoms with Gasteiger partial charge in [-0.3, -0.25) is 0 Å². The van der Waals surface area contributed by atoms with Crippen LogP contribution in [0.15, 0.2) is 18.2 Å². The van der Waals surface area contributed by atoms with Gasteiger partial charge in [0.05, 0.1) is 24.9 Å². The van der Waals surface area contributed by atoms with E-state index >= 15 is 0 Å². The summed E-state index contributed by atoms with van der Waals surface area (Å²) in [5, 5.41) is 3.07. The van der Waals surface area contributed by atoms with Crippen molar-refractivity contribution in [2.24, 2.45) is 0 Å². The Morgan fingerprint density at radius 3 is 2.77 bits per heavy atom. The molecule has 13 heavy (non-hydrogen) atoms. The molecule has 1 aromatic carbocycles. The first-order chi connectivity index (χ1) is 6.25. The van der Waals surface area contributed by atoms with Gasteiger partial charge in [0.2, 0.25) is 0 Å². The van der Waals surface area contributed by atoms with Crippen molar-refractivity contribution in [2.75, 3.05) is 18.5 Å². The summed E-state index contributed by atoms with van der Waals surface area (Å²) in [5.74, 6) is -0.188. The summed E-state index contributed by atoms with van der Waals surface area (Å²) in [6.45, 7) is 3.22. The number of ether oxygens (including phenoxy) is 1. The summed E-state index contributed by atoms with van der Waals surface area (Å²) < 4.78 is 18.3. The fourth-order valence-electron chi connectivity index (χ4n) is 1.28. The number of benzene rings is 1. The molecule has 1 aromatic rings. The van der Waals surface area contributed by atoms with Gasteiger partial charge < -0.3 is 10.1 Å². The number of rotatable bonds is 2. The highest BCUT2D eigenvalue weighted by Gasteiger charge is 2.18. The average Bonchev–Trinajstić information content (AvgIpc) is 1.99. The monoisotopic (exact) mass is 181 g/mol. The SMILES string of the molecule is Cc1ccc(NC2COC2)c(F)c1. The second-order valence-corrected chi connectivity index (χ2v) is 3.36. The summed E-state index contributed by atoms with van der Waals surface area (Å²) in [7, 11) is 0. The normalized spacial score (nSPS) is 16.8. The van der Waals surface area contributed by atoms with Gasteiger partial charge in [0, 0.05) is 0 Å². The van der Waals surface area contributed by atoms with Gasteiger partial charge >= 0.3 is 0 Å². The van der Waals surface area contributed by atoms with E-state index in [1.807, 2.05) is 13.0 Å². The maximum Gasteiger partial charge on any atom is 0.146 e. The Labute approximate surface area is 76.7 Å². The van der Waals surface area contributed by atoms with Crippen molar-refractivity contribution in [1.29, 1.82) is 0 Å². The Balaban J connectivity index is 2.10. The van der Waals surface area contributed by atoms with Crippen LogP contribution in [0.1, 0.15) is 5.56 Å². The minimum atomic E-state index is -0.188. The van der Waals surface area contributed by atoms with Gasteiger partial charge in [-0.05, 0) is 24.6 Å². The molecule has 1 fully saturated rings. The molecule has 1 aliphatic heterocycles. The topological polar surface area (TPSA) is 21.3 Å². The summed E-state index contributed by atoms with van der Waals surface area (Å²) in [6.07, 6.45) is 0. The zero-order valence-corrected chi connectivity index (χ0v) is 7.51. The van der Waals surface area contributed by atoms with Crippen LogP contribution < -0.4 is 5.32 Å². The first-order valence-corrected chi connectivity index (χ1v) is 4.36. The number of halogens is 1. The quantitative estimate of drug-likeness (QED) is 0.752. The standard InChI is InChI=1S/C10H12FNO/c1-7-2-3-10(9(11)4-7)12-8-5-13-6-8/h2-4,8,12H,5-6H2,1H3. The highest BCUT2D eigenvalue weighted by atomic mass is 19.1. The highest BCUT2D eigenvalue weighted by molar-refractivity contribution is 5.47. The molecule has 2 nitrogen and oxygen atoms in total. The molecular formula is C10H12FNO. The van der Waals surface area contributed by atoms with Crippen molar-refractivity contribution in [2.45, 2.75) is 13.0 Å². The molecule has 1 N–H and O–H groups in total. The Hall–Kier alpha value is -1.09. The van der Waals surface area contributed by atoms with Gasteiger partial charge in [-0.25, -0.2) is 4.39 Å². The van der Waals surface area contributed by atoms with Crippen LogP contribution in [-0.2, 0) is 4.74 Å². The Bertz CT molecular complexity index is 310. The highest BCUT2D eigenvalue weighted by Crippen LogP contribution is 2.18. The van der Waals surface area contributed by atoms with E-state index in [4.69, 9.17) is 4.74 Å². The molecular weight excluding hydrogens is 169 g/mol. The Morgan fingerprint density at radius 2 is 2.23 bits per heavy atom. The van der Waals surface area contributed by atoms with E-state index in [1.165, 1.54) is 6.07 Å². The summed E-state index contributed by atoms with van der Waals surface area (Å²) in [4.78, 5) is 0. The molecule has 0 spiro atoms. The van der Waals surface area contributed by atoms with Crippen molar-refractivity contribution >= 4 is 5.69 Å². The number of hydrogen-bond acceptors (Lipinski definition) is 2. The van der Waals surface area contributed by atoms with Gasteiger partial charge in [-0.1, -0.05) is 6.07 Å². The summed E-state index contributed by atoms with van der Waals surface area (Å²) in [6, 6.07) is 5.47. The van der Waals surface area contributed by atoms with Crippen LogP contribution in [0.5, 0.6) is 0 Å². The smallest absolute Gasteiger partial charge is 0.146 e. The third-order valence-corrected chi connectivity index (χ3v) is 2.12. The lowest BCUT2D eigenvalue weighted by molar-refractivity contribution is 0.0210. The fraction of sp³-hybridized carbons (Fsp3) is 0.400. The Morgan fingerprint density at radius 1 is 1.46 bits per heavy atom. The van der Waals surface area contributed by atoms with E-state index in [-0.39, 0.29) is 11.9 Å². The molecule has 1 aliphatic rings. The second-order valence-electron chi connectivity index (χ2n) is 3.36. The molecule has 70 valence electrons. The van der Waals surface area contributed by atoms with Crippen molar-refractivity contribution in [3.05, 3.63) is 29.6 Å². The second kappa shape index (κ2) is 3.34. The van der Waals surface area contributed by atoms with Crippen LogP contribution >= 0.6 is 0 Å². The Kier molecular flexibility index (Phi) is 2.19. The zero-order valence-electron chi connectivity index (χ0n) is 7.51. The molecule has 0 atom stereocenters. The lowest BCUT2D eigenvalue weighted by atomic mass is 10.2. The van der Waals surface area contributed by atoms with Crippen molar-refractivity contribution in [3.8, 4) is 0 Å². The fourth-order valence-corrected chi connectivity index (χ4v) is 1.28. The maximum absolute atomic E-state index is 13.3. The van der Waals surface area contributed by atoms with Crippen LogP contribution in [-0.4, -0.2) is 19.3 Å². The first kappa shape index (κ1) is 8.51. The molecule has 3 heteroatoms. The van der Waals surface area contributed by atoms with E-state index in [2.05, 4.69) is 5.32 Å². The summed E-state index contributed by atoms with van der Waals surface area (Å²) in [5.41, 5.74) is 1.51. The van der Waals surface area contributed by atoms with Crippen LogP contribution in [0.4, 0.5) is 10.1 Å². The molecule has 0 radical (unpaired) electrons. The third kappa shape index (κ3) is 1.80. The summed E-state index contributed by atoms with van der Waals surface area (Å²) >= 11 is 0. The molecule has 1 saturated heterocycles. The average molecular weight is 181 g/mol. The van der Waals surface area contributed by atoms with Crippen LogP contribution in [0.25, 0.3) is 0 Å². The van der Waals surface area contributed by atoms with Crippen molar-refractivity contribution in [1.82, 2.24) is 0 Å². The lowest BCUT2D eigenvalue weighted by Crippen LogP contribution is -2.40. The van der Waals surface area contributed by atoms with Gasteiger partial charge in [0.15, 0.2) is 0 Å². The van der Waals surface area contributed by atoms with Crippen LogP contribution in [0, 0.1) is 12.7 Å². The first-order valence-electron chi connectivity index (χ1n) is 4.36. The van der Waals surface area contributed by atoms with Gasteiger partial charge in [-0.15, -0.1) is 0 Å². The minimum absolute atomic E-state index is 0.188. The molecule has 0 bridgehead atoms. The van der Waals surface area contributed by atoms with Crippen LogP contribution in [0.3, 0.4) is 0 Å². The predicted molar refractivity (Wildman–Crippen MR) is 49.4 cm³/mol. The number of anilines is 1. The number of nitrogens with one attached hydrogen (secondary N) is 1. The molecule has 0 unspecified atom stereocenters. The van der Waals surface area contributed by atoms with E-state index in [9.17, 15) is 4.39 Å². The lowest BCUT2D eigenvalue weighted by Gasteiger charge is -2.28. The van der Waals surface area contributed by atoms with Crippen molar-refractivity contribution in [3.63, 3.8) is 0 Å². The van der Waals surface area contributed by atoms with Gasteiger partial charge in [0.25, 0.3) is 0 Å². The molecule has 0 saturated carbocycles. The molecule has 0 amide bonds. The molecule has 1 heterocycles.